The Kier molecular flexibility index (Phi) is 6.84. The van der Waals surface area contributed by atoms with Crippen LogP contribution in [0.2, 0.25) is 0 Å². The molecule has 1 aliphatic rings. The predicted octanol–water partition coefficient (Wildman–Crippen LogP) is 2.61. The topological polar surface area (TPSA) is 77.4 Å². The van der Waals surface area contributed by atoms with Crippen molar-refractivity contribution in [1.82, 2.24) is 19.7 Å². The van der Waals surface area contributed by atoms with Crippen LogP contribution in [0, 0.1) is 6.07 Å². The smallest absolute Gasteiger partial charge is 0.348 e. The van der Waals surface area contributed by atoms with Gasteiger partial charge in [0.2, 0.25) is 0 Å². The Morgan fingerprint density at radius 2 is 1.73 bits per heavy atom. The SMILES string of the molecule is CC(C)c1[c-]cc(O)c(-c2n[nH]c(=O)n2-c2ccc(N3CCN(C)CC3)cc2)c1.[Mo]. The molecule has 1 aliphatic heterocycles. The number of nitrogens with one attached hydrogen (secondary N) is 1. The molecule has 0 atom stereocenters. The molecule has 0 aliphatic carbocycles. The molecule has 3 aromatic rings. The summed E-state index contributed by atoms with van der Waals surface area (Å²) in [4.78, 5) is 17.2. The van der Waals surface area contributed by atoms with Crippen LogP contribution in [0.25, 0.3) is 17.1 Å². The Hall–Kier alpha value is -2.37. The van der Waals surface area contributed by atoms with Crippen LogP contribution in [0.3, 0.4) is 0 Å². The van der Waals surface area contributed by atoms with Crippen LogP contribution in [0.4, 0.5) is 5.69 Å². The maximum absolute atomic E-state index is 12.5. The number of hydrogen-bond acceptors (Lipinski definition) is 5. The van der Waals surface area contributed by atoms with E-state index in [1.807, 2.05) is 30.3 Å². The molecule has 0 radical (unpaired) electrons. The van der Waals surface area contributed by atoms with E-state index in [9.17, 15) is 9.90 Å². The average molecular weight is 488 g/mol. The number of rotatable bonds is 4. The summed E-state index contributed by atoms with van der Waals surface area (Å²) in [6.45, 7) is 8.16. The molecule has 0 amide bonds. The van der Waals surface area contributed by atoms with E-state index in [-0.39, 0.29) is 38.4 Å². The zero-order chi connectivity index (χ0) is 20.5. The van der Waals surface area contributed by atoms with Crippen LogP contribution in [0.15, 0.2) is 41.2 Å². The number of hydrogen-bond donors (Lipinski definition) is 2. The number of aromatic nitrogens is 3. The van der Waals surface area contributed by atoms with Crippen molar-refractivity contribution >= 4 is 5.69 Å². The van der Waals surface area contributed by atoms with Crippen molar-refractivity contribution in [1.29, 1.82) is 0 Å². The van der Waals surface area contributed by atoms with Gasteiger partial charge in [0.1, 0.15) is 5.82 Å². The number of anilines is 1. The summed E-state index contributed by atoms with van der Waals surface area (Å²) in [7, 11) is 2.13. The number of likely N-dealkylation sites (N-methyl/N-ethyl adjacent to an activating group) is 1. The third-order valence-corrected chi connectivity index (χ3v) is 5.46. The van der Waals surface area contributed by atoms with Crippen molar-refractivity contribution in [3.05, 3.63) is 58.5 Å². The Morgan fingerprint density at radius 1 is 1.10 bits per heavy atom. The minimum absolute atomic E-state index is 0. The Bertz CT molecular complexity index is 1050. The first-order valence-corrected chi connectivity index (χ1v) is 9.90. The van der Waals surface area contributed by atoms with E-state index >= 15 is 0 Å². The van der Waals surface area contributed by atoms with Gasteiger partial charge in [0.25, 0.3) is 0 Å². The van der Waals surface area contributed by atoms with E-state index in [4.69, 9.17) is 0 Å². The Labute approximate surface area is 190 Å². The molecule has 0 saturated carbocycles. The first-order valence-electron chi connectivity index (χ1n) is 9.90. The van der Waals surface area contributed by atoms with Crippen molar-refractivity contribution in [3.63, 3.8) is 0 Å². The first kappa shape index (κ1) is 22.3. The normalized spacial score (nSPS) is 14.7. The average Bonchev–Trinajstić information content (AvgIpc) is 3.10. The van der Waals surface area contributed by atoms with Gasteiger partial charge in [-0.3, -0.25) is 0 Å². The predicted molar refractivity (Wildman–Crippen MR) is 114 cm³/mol. The van der Waals surface area contributed by atoms with Crippen LogP contribution in [0.5, 0.6) is 5.75 Å². The van der Waals surface area contributed by atoms with Gasteiger partial charge < -0.3 is 14.9 Å². The van der Waals surface area contributed by atoms with Gasteiger partial charge in [-0.2, -0.15) is 22.8 Å². The van der Waals surface area contributed by atoms with Gasteiger partial charge in [-0.25, -0.2) is 14.5 Å². The molecule has 1 saturated heterocycles. The molecule has 2 N–H and O–H groups in total. The molecule has 1 fully saturated rings. The molecule has 2 heterocycles. The van der Waals surface area contributed by atoms with E-state index in [2.05, 4.69) is 47.0 Å². The zero-order valence-electron chi connectivity index (χ0n) is 17.4. The van der Waals surface area contributed by atoms with Gasteiger partial charge in [-0.15, -0.1) is 6.07 Å². The fraction of sp³-hybridized carbons (Fsp3) is 0.364. The number of aromatic hydroxyl groups is 1. The van der Waals surface area contributed by atoms with E-state index in [0.717, 1.165) is 37.4 Å². The Balaban J connectivity index is 0.00000256. The van der Waals surface area contributed by atoms with Crippen molar-refractivity contribution in [2.24, 2.45) is 0 Å². The second-order valence-electron chi connectivity index (χ2n) is 7.84. The summed E-state index contributed by atoms with van der Waals surface area (Å²) >= 11 is 0. The van der Waals surface area contributed by atoms with Gasteiger partial charge in [-0.05, 0) is 42.8 Å². The molecule has 2 aromatic carbocycles. The van der Waals surface area contributed by atoms with Crippen LogP contribution >= 0.6 is 0 Å². The van der Waals surface area contributed by atoms with E-state index in [1.165, 1.54) is 10.6 Å². The summed E-state index contributed by atoms with van der Waals surface area (Å²) in [5.41, 5.74) is 2.96. The molecule has 30 heavy (non-hydrogen) atoms. The second kappa shape index (κ2) is 9.19. The van der Waals surface area contributed by atoms with E-state index < -0.39 is 0 Å². The molecule has 0 spiro atoms. The van der Waals surface area contributed by atoms with E-state index in [1.54, 1.807) is 0 Å². The quantitative estimate of drug-likeness (QED) is 0.436. The summed E-state index contributed by atoms with van der Waals surface area (Å²) in [6.07, 6.45) is 0. The number of benzene rings is 2. The van der Waals surface area contributed by atoms with Gasteiger partial charge in [0, 0.05) is 58.7 Å². The molecular formula is C22H26MoN5O2-. The van der Waals surface area contributed by atoms with Crippen molar-refractivity contribution in [2.45, 2.75) is 19.8 Å². The number of phenolic OH excluding ortho intramolecular Hbond substituents is 1. The molecular weight excluding hydrogens is 462 g/mol. The Morgan fingerprint density at radius 3 is 2.37 bits per heavy atom. The van der Waals surface area contributed by atoms with Crippen LogP contribution in [0.1, 0.15) is 25.3 Å². The number of phenols is 1. The van der Waals surface area contributed by atoms with Crippen LogP contribution in [-0.4, -0.2) is 58.0 Å². The summed E-state index contributed by atoms with van der Waals surface area (Å²) < 4.78 is 1.49. The molecule has 0 bridgehead atoms. The number of H-pyrrole nitrogens is 1. The van der Waals surface area contributed by atoms with Crippen LogP contribution in [-0.2, 0) is 21.1 Å². The summed E-state index contributed by atoms with van der Waals surface area (Å²) in [6, 6.07) is 14.3. The fourth-order valence-corrected chi connectivity index (χ4v) is 3.61. The largest absolute Gasteiger partial charge is 0.565 e. The van der Waals surface area contributed by atoms with Gasteiger partial charge in [0.05, 0.1) is 5.69 Å². The third kappa shape index (κ3) is 4.37. The number of nitrogens with zero attached hydrogens (tertiary/aromatic N) is 4. The maximum Gasteiger partial charge on any atom is 0.348 e. The maximum atomic E-state index is 12.5. The standard InChI is InChI=1S/C22H26N5O2.Mo/c1-15(2)16-4-9-20(28)19(14-16)21-23-24-22(29)27(21)18-7-5-17(6-8-18)26-12-10-25(3)11-13-26;/h5-9,14-15,28H,10-13H2,1-3H3,(H,24,29);/q-1;. The summed E-state index contributed by atoms with van der Waals surface area (Å²) in [5, 5.41) is 17.1. The van der Waals surface area contributed by atoms with Crippen molar-refractivity contribution in [2.75, 3.05) is 38.1 Å². The first-order chi connectivity index (χ1) is 13.9. The third-order valence-electron chi connectivity index (χ3n) is 5.46. The molecule has 1 aromatic heterocycles. The molecule has 4 rings (SSSR count). The number of piperazine rings is 1. The van der Waals surface area contributed by atoms with Gasteiger partial charge in [-0.1, -0.05) is 13.8 Å². The molecule has 8 heteroatoms. The molecule has 158 valence electrons. The van der Waals surface area contributed by atoms with Crippen molar-refractivity contribution in [3.8, 4) is 22.8 Å². The second-order valence-corrected chi connectivity index (χ2v) is 7.84. The molecule has 0 unspecified atom stereocenters. The van der Waals surface area contributed by atoms with Gasteiger partial charge in [0.15, 0.2) is 0 Å². The zero-order valence-corrected chi connectivity index (χ0v) is 19.4. The number of aromatic amines is 1. The van der Waals surface area contributed by atoms with Crippen LogP contribution < -0.4 is 10.6 Å². The van der Waals surface area contributed by atoms with Gasteiger partial charge >= 0.3 is 5.69 Å². The van der Waals surface area contributed by atoms with Crippen molar-refractivity contribution < 1.29 is 26.2 Å². The minimum atomic E-state index is -0.342. The minimum Gasteiger partial charge on any atom is -0.565 e. The summed E-state index contributed by atoms with van der Waals surface area (Å²) in [5.74, 6) is 0.677. The monoisotopic (exact) mass is 490 g/mol. The molecule has 7 nitrogen and oxygen atoms in total. The fourth-order valence-electron chi connectivity index (χ4n) is 3.61. The van der Waals surface area contributed by atoms with E-state index in [0.29, 0.717) is 17.1 Å².